The van der Waals surface area contributed by atoms with Crippen molar-refractivity contribution in [2.24, 2.45) is 0 Å². The summed E-state index contributed by atoms with van der Waals surface area (Å²) in [5.74, 6) is 2.07. The lowest BCUT2D eigenvalue weighted by atomic mass is 10.1. The number of thioether (sulfide) groups is 1. The van der Waals surface area contributed by atoms with Crippen LogP contribution in [0.25, 0.3) is 0 Å². The minimum absolute atomic E-state index is 0.738. The molecule has 15 heavy (non-hydrogen) atoms. The Balaban J connectivity index is 1.91. The molecule has 2 nitrogen and oxygen atoms in total. The Labute approximate surface area is 95.4 Å². The van der Waals surface area contributed by atoms with Crippen LogP contribution in [0.3, 0.4) is 0 Å². The Kier molecular flexibility index (Phi) is 3.92. The van der Waals surface area contributed by atoms with Gasteiger partial charge in [-0.1, -0.05) is 12.1 Å². The third kappa shape index (κ3) is 3.14. The monoisotopic (exact) mass is 223 g/mol. The van der Waals surface area contributed by atoms with E-state index in [9.17, 15) is 0 Å². The zero-order chi connectivity index (χ0) is 10.5. The summed E-state index contributed by atoms with van der Waals surface area (Å²) >= 11 is 2.01. The largest absolute Gasteiger partial charge is 0.494 e. The number of hydrogen-bond acceptors (Lipinski definition) is 3. The average Bonchev–Trinajstić information content (AvgIpc) is 2.74. The highest BCUT2D eigenvalue weighted by Crippen LogP contribution is 2.21. The van der Waals surface area contributed by atoms with Crippen LogP contribution in [0.15, 0.2) is 24.3 Å². The predicted molar refractivity (Wildman–Crippen MR) is 65.6 cm³/mol. The molecule has 1 aromatic carbocycles. The molecular formula is C12H17NOS. The van der Waals surface area contributed by atoms with Gasteiger partial charge in [0, 0.05) is 17.7 Å². The number of ether oxygens (including phenoxy) is 1. The first-order valence-electron chi connectivity index (χ1n) is 5.42. The lowest BCUT2D eigenvalue weighted by molar-refractivity contribution is 0.340. The van der Waals surface area contributed by atoms with E-state index >= 15 is 0 Å². The van der Waals surface area contributed by atoms with Gasteiger partial charge in [-0.15, -0.1) is 11.8 Å². The second kappa shape index (κ2) is 5.42. The van der Waals surface area contributed by atoms with Crippen molar-refractivity contribution in [2.45, 2.75) is 18.6 Å². The van der Waals surface area contributed by atoms with E-state index in [-0.39, 0.29) is 0 Å². The quantitative estimate of drug-likeness (QED) is 0.846. The van der Waals surface area contributed by atoms with Crippen molar-refractivity contribution < 1.29 is 4.74 Å². The van der Waals surface area contributed by atoms with Gasteiger partial charge >= 0.3 is 0 Å². The minimum Gasteiger partial charge on any atom is -0.494 e. The summed E-state index contributed by atoms with van der Waals surface area (Å²) in [5, 5.41) is 4.10. The highest BCUT2D eigenvalue weighted by atomic mass is 32.2. The summed E-state index contributed by atoms with van der Waals surface area (Å²) in [6.07, 6.45) is 1.16. The molecular weight excluding hydrogens is 206 g/mol. The molecule has 0 saturated carbocycles. The summed E-state index contributed by atoms with van der Waals surface area (Å²) in [7, 11) is 0. The first-order chi connectivity index (χ1) is 7.38. The van der Waals surface area contributed by atoms with E-state index in [0.717, 1.165) is 36.4 Å². The SMILES string of the molecule is CCOc1ccc(CC2CNCS2)cc1. The van der Waals surface area contributed by atoms with E-state index in [4.69, 9.17) is 4.74 Å². The zero-order valence-corrected chi connectivity index (χ0v) is 9.85. The van der Waals surface area contributed by atoms with Crippen molar-refractivity contribution in [3.05, 3.63) is 29.8 Å². The smallest absolute Gasteiger partial charge is 0.119 e. The van der Waals surface area contributed by atoms with Gasteiger partial charge < -0.3 is 10.1 Å². The second-order valence-corrected chi connectivity index (χ2v) is 4.96. The van der Waals surface area contributed by atoms with E-state index in [1.165, 1.54) is 5.56 Å². The topological polar surface area (TPSA) is 21.3 Å². The fourth-order valence-corrected chi connectivity index (χ4v) is 2.76. The summed E-state index contributed by atoms with van der Waals surface area (Å²) in [4.78, 5) is 0. The molecule has 2 rings (SSSR count). The van der Waals surface area contributed by atoms with Crippen molar-refractivity contribution in [1.82, 2.24) is 5.32 Å². The van der Waals surface area contributed by atoms with Crippen LogP contribution in [0.5, 0.6) is 5.75 Å². The molecule has 0 radical (unpaired) electrons. The maximum Gasteiger partial charge on any atom is 0.119 e. The predicted octanol–water partition coefficient (Wildman–Crippen LogP) is 2.29. The van der Waals surface area contributed by atoms with E-state index in [1.54, 1.807) is 0 Å². The van der Waals surface area contributed by atoms with Crippen LogP contribution in [0.2, 0.25) is 0 Å². The van der Waals surface area contributed by atoms with Crippen LogP contribution < -0.4 is 10.1 Å². The maximum absolute atomic E-state index is 5.41. The van der Waals surface area contributed by atoms with Crippen LogP contribution in [-0.4, -0.2) is 24.3 Å². The third-order valence-electron chi connectivity index (χ3n) is 2.49. The zero-order valence-electron chi connectivity index (χ0n) is 9.03. The van der Waals surface area contributed by atoms with Crippen molar-refractivity contribution in [1.29, 1.82) is 0 Å². The Morgan fingerprint density at radius 3 is 2.80 bits per heavy atom. The fraction of sp³-hybridized carbons (Fsp3) is 0.500. The van der Waals surface area contributed by atoms with Crippen molar-refractivity contribution >= 4 is 11.8 Å². The normalized spacial score (nSPS) is 20.5. The van der Waals surface area contributed by atoms with E-state index in [2.05, 4.69) is 29.6 Å². The van der Waals surface area contributed by atoms with Crippen molar-refractivity contribution in [3.8, 4) is 5.75 Å². The molecule has 0 spiro atoms. The standard InChI is InChI=1S/C12H17NOS/c1-2-14-11-5-3-10(4-6-11)7-12-8-13-9-15-12/h3-6,12-13H,2,7-9H2,1H3. The van der Waals surface area contributed by atoms with E-state index in [0.29, 0.717) is 0 Å². The van der Waals surface area contributed by atoms with E-state index in [1.807, 2.05) is 18.7 Å². The average molecular weight is 223 g/mol. The minimum atomic E-state index is 0.738. The number of hydrogen-bond donors (Lipinski definition) is 1. The Bertz CT molecular complexity index is 293. The summed E-state index contributed by atoms with van der Waals surface area (Å²) < 4.78 is 5.41. The van der Waals surface area contributed by atoms with Gasteiger partial charge in [0.2, 0.25) is 0 Å². The third-order valence-corrected chi connectivity index (χ3v) is 3.67. The van der Waals surface area contributed by atoms with Gasteiger partial charge in [0.05, 0.1) is 6.61 Å². The van der Waals surface area contributed by atoms with Gasteiger partial charge in [-0.3, -0.25) is 0 Å². The van der Waals surface area contributed by atoms with Crippen LogP contribution in [0.1, 0.15) is 12.5 Å². The molecule has 0 aliphatic carbocycles. The molecule has 1 aliphatic heterocycles. The van der Waals surface area contributed by atoms with Gasteiger partial charge in [-0.05, 0) is 31.0 Å². The lowest BCUT2D eigenvalue weighted by Crippen LogP contribution is -2.14. The lowest BCUT2D eigenvalue weighted by Gasteiger charge is -2.08. The van der Waals surface area contributed by atoms with E-state index < -0.39 is 0 Å². The van der Waals surface area contributed by atoms with Crippen LogP contribution >= 0.6 is 11.8 Å². The molecule has 1 heterocycles. The molecule has 1 saturated heterocycles. The Morgan fingerprint density at radius 2 is 2.20 bits per heavy atom. The number of nitrogens with one attached hydrogen (secondary N) is 1. The molecule has 1 aromatic rings. The summed E-state index contributed by atoms with van der Waals surface area (Å²) in [6, 6.07) is 8.46. The maximum atomic E-state index is 5.41. The molecule has 1 fully saturated rings. The van der Waals surface area contributed by atoms with Gasteiger partial charge in [0.15, 0.2) is 0 Å². The number of rotatable bonds is 4. The second-order valence-electron chi connectivity index (χ2n) is 3.67. The van der Waals surface area contributed by atoms with Gasteiger partial charge in [-0.25, -0.2) is 0 Å². The molecule has 1 aliphatic rings. The van der Waals surface area contributed by atoms with Crippen LogP contribution in [0, 0.1) is 0 Å². The van der Waals surface area contributed by atoms with Crippen molar-refractivity contribution in [2.75, 3.05) is 19.0 Å². The highest BCUT2D eigenvalue weighted by molar-refractivity contribution is 8.00. The fourth-order valence-electron chi connectivity index (χ4n) is 1.74. The first-order valence-corrected chi connectivity index (χ1v) is 6.47. The summed E-state index contributed by atoms with van der Waals surface area (Å²) in [6.45, 7) is 3.88. The highest BCUT2D eigenvalue weighted by Gasteiger charge is 2.14. The van der Waals surface area contributed by atoms with Crippen LogP contribution in [-0.2, 0) is 6.42 Å². The Hall–Kier alpha value is -0.670. The van der Waals surface area contributed by atoms with Crippen molar-refractivity contribution in [3.63, 3.8) is 0 Å². The van der Waals surface area contributed by atoms with Crippen LogP contribution in [0.4, 0.5) is 0 Å². The summed E-state index contributed by atoms with van der Waals surface area (Å²) in [5.41, 5.74) is 1.40. The molecule has 82 valence electrons. The first kappa shape index (κ1) is 10.8. The Morgan fingerprint density at radius 1 is 1.40 bits per heavy atom. The number of benzene rings is 1. The van der Waals surface area contributed by atoms with Gasteiger partial charge in [-0.2, -0.15) is 0 Å². The van der Waals surface area contributed by atoms with Gasteiger partial charge in [0.25, 0.3) is 0 Å². The molecule has 0 aromatic heterocycles. The molecule has 0 bridgehead atoms. The molecule has 1 unspecified atom stereocenters. The molecule has 1 N–H and O–H groups in total. The molecule has 3 heteroatoms. The van der Waals surface area contributed by atoms with Gasteiger partial charge in [0.1, 0.15) is 5.75 Å². The molecule has 0 amide bonds. The molecule has 1 atom stereocenters.